The molecule has 90 valence electrons. The van der Waals surface area contributed by atoms with Crippen LogP contribution in [0.2, 0.25) is 0 Å². The average molecular weight is 244 g/mol. The van der Waals surface area contributed by atoms with Gasteiger partial charge in [0.15, 0.2) is 0 Å². The molecule has 0 atom stereocenters. The molecule has 0 heterocycles. The molecular weight excluding hydrogens is 223 g/mol. The Kier molecular flexibility index (Phi) is 10.8. The molecule has 0 unspecified atom stereocenters. The van der Waals surface area contributed by atoms with Crippen molar-refractivity contribution in [2.24, 2.45) is 0 Å². The summed E-state index contributed by atoms with van der Waals surface area (Å²) in [4.78, 5) is 0. The first-order valence-electron chi connectivity index (χ1n) is 6.23. The molecule has 2 nitrogen and oxygen atoms in total. The third kappa shape index (κ3) is 8.53. The van der Waals surface area contributed by atoms with Crippen LogP contribution in [-0.2, 0) is 0 Å². The Morgan fingerprint density at radius 2 is 1.76 bits per heavy atom. The first-order chi connectivity index (χ1) is 7.83. The summed E-state index contributed by atoms with van der Waals surface area (Å²) in [7, 11) is 0. The van der Waals surface area contributed by atoms with Crippen molar-refractivity contribution in [3.63, 3.8) is 0 Å². The Hall–Kier alpha value is -0.180. The molecule has 0 saturated heterocycles. The van der Waals surface area contributed by atoms with Gasteiger partial charge in [-0.1, -0.05) is 51.2 Å². The maximum absolute atomic E-state index is 11.0. The first kappa shape index (κ1) is 16.8. The van der Waals surface area contributed by atoms with Gasteiger partial charge in [0.05, 0.1) is 6.61 Å². The van der Waals surface area contributed by atoms with E-state index in [4.69, 9.17) is 4.74 Å². The SMILES string of the molecule is CCCCCCCCOc1cccc([O-])c1.[Na+]. The van der Waals surface area contributed by atoms with Gasteiger partial charge < -0.3 is 9.84 Å². The largest absolute Gasteiger partial charge is 1.00 e. The number of hydrogen-bond donors (Lipinski definition) is 0. The second-order valence-corrected chi connectivity index (χ2v) is 4.09. The minimum Gasteiger partial charge on any atom is -0.872 e. The number of ether oxygens (including phenoxy) is 1. The summed E-state index contributed by atoms with van der Waals surface area (Å²) < 4.78 is 5.49. The number of hydrogen-bond acceptors (Lipinski definition) is 2. The monoisotopic (exact) mass is 244 g/mol. The van der Waals surface area contributed by atoms with E-state index in [2.05, 4.69) is 6.92 Å². The van der Waals surface area contributed by atoms with Crippen molar-refractivity contribution >= 4 is 0 Å². The normalized spacial score (nSPS) is 9.71. The molecule has 0 amide bonds. The van der Waals surface area contributed by atoms with Crippen LogP contribution in [0.5, 0.6) is 11.5 Å². The molecule has 1 aromatic rings. The summed E-state index contributed by atoms with van der Waals surface area (Å²) in [5, 5.41) is 11.0. The van der Waals surface area contributed by atoms with Gasteiger partial charge in [-0.2, -0.15) is 0 Å². The van der Waals surface area contributed by atoms with Gasteiger partial charge >= 0.3 is 29.6 Å². The Balaban J connectivity index is 0.00000256. The molecule has 0 fully saturated rings. The van der Waals surface area contributed by atoms with Gasteiger partial charge in [0.2, 0.25) is 0 Å². The van der Waals surface area contributed by atoms with Crippen LogP contribution in [0.25, 0.3) is 0 Å². The van der Waals surface area contributed by atoms with Crippen molar-refractivity contribution in [1.82, 2.24) is 0 Å². The van der Waals surface area contributed by atoms with Crippen LogP contribution in [0.1, 0.15) is 45.4 Å². The van der Waals surface area contributed by atoms with E-state index in [0.29, 0.717) is 5.75 Å². The molecule has 0 saturated carbocycles. The number of benzene rings is 1. The fourth-order valence-corrected chi connectivity index (χ4v) is 1.64. The van der Waals surface area contributed by atoms with Crippen molar-refractivity contribution in [2.75, 3.05) is 6.61 Å². The smallest absolute Gasteiger partial charge is 0.872 e. The fraction of sp³-hybridized carbons (Fsp3) is 0.571. The Morgan fingerprint density at radius 1 is 1.06 bits per heavy atom. The molecule has 0 radical (unpaired) electrons. The van der Waals surface area contributed by atoms with Crippen molar-refractivity contribution in [2.45, 2.75) is 45.4 Å². The van der Waals surface area contributed by atoms with Crippen LogP contribution < -0.4 is 39.4 Å². The van der Waals surface area contributed by atoms with E-state index in [9.17, 15) is 5.11 Å². The zero-order chi connectivity index (χ0) is 11.6. The summed E-state index contributed by atoms with van der Waals surface area (Å²) in [6.07, 6.45) is 7.53. The molecule has 0 bridgehead atoms. The van der Waals surface area contributed by atoms with E-state index in [1.807, 2.05) is 6.07 Å². The van der Waals surface area contributed by atoms with Crippen molar-refractivity contribution in [3.8, 4) is 11.5 Å². The van der Waals surface area contributed by atoms with E-state index in [-0.39, 0.29) is 35.3 Å². The van der Waals surface area contributed by atoms with Gasteiger partial charge in [-0.25, -0.2) is 0 Å². The maximum Gasteiger partial charge on any atom is 1.00 e. The van der Waals surface area contributed by atoms with Crippen LogP contribution in [0, 0.1) is 0 Å². The van der Waals surface area contributed by atoms with Crippen LogP contribution >= 0.6 is 0 Å². The number of rotatable bonds is 8. The third-order valence-electron chi connectivity index (χ3n) is 2.57. The summed E-state index contributed by atoms with van der Waals surface area (Å²) in [6.45, 7) is 2.94. The van der Waals surface area contributed by atoms with Gasteiger partial charge in [-0.15, -0.1) is 5.75 Å². The quantitative estimate of drug-likeness (QED) is 0.493. The van der Waals surface area contributed by atoms with Crippen molar-refractivity contribution < 1.29 is 39.4 Å². The van der Waals surface area contributed by atoms with Crippen molar-refractivity contribution in [3.05, 3.63) is 24.3 Å². The maximum atomic E-state index is 11.0. The molecule has 0 spiro atoms. The van der Waals surface area contributed by atoms with Gasteiger partial charge in [0.25, 0.3) is 0 Å². The molecule has 0 aliphatic carbocycles. The first-order valence-corrected chi connectivity index (χ1v) is 6.23. The molecular formula is C14H21NaO2. The Labute approximate surface area is 127 Å². The molecule has 0 aliphatic heterocycles. The van der Waals surface area contributed by atoms with E-state index in [1.165, 1.54) is 44.2 Å². The minimum atomic E-state index is 0. The zero-order valence-electron chi connectivity index (χ0n) is 11.1. The van der Waals surface area contributed by atoms with Gasteiger partial charge in [0.1, 0.15) is 5.75 Å². The Morgan fingerprint density at radius 3 is 2.47 bits per heavy atom. The minimum absolute atomic E-state index is 0. The summed E-state index contributed by atoms with van der Waals surface area (Å²) in [6, 6.07) is 6.64. The van der Waals surface area contributed by atoms with E-state index >= 15 is 0 Å². The number of unbranched alkanes of at least 4 members (excludes halogenated alkanes) is 5. The average Bonchev–Trinajstić information content (AvgIpc) is 2.28. The zero-order valence-corrected chi connectivity index (χ0v) is 13.1. The Bertz CT molecular complexity index is 289. The molecule has 17 heavy (non-hydrogen) atoms. The van der Waals surface area contributed by atoms with Crippen LogP contribution in [-0.4, -0.2) is 6.61 Å². The topological polar surface area (TPSA) is 32.3 Å². The van der Waals surface area contributed by atoms with E-state index in [1.54, 1.807) is 6.07 Å². The molecule has 1 aromatic carbocycles. The molecule has 3 heteroatoms. The standard InChI is InChI=1S/C14H22O2.Na/c1-2-3-4-5-6-7-11-16-14-10-8-9-13(15)12-14;/h8-10,12,15H,2-7,11H2,1H3;/q;+1/p-1. The summed E-state index contributed by atoms with van der Waals surface area (Å²) in [5.41, 5.74) is 0. The second-order valence-electron chi connectivity index (χ2n) is 4.09. The fourth-order valence-electron chi connectivity index (χ4n) is 1.64. The predicted molar refractivity (Wildman–Crippen MR) is 64.8 cm³/mol. The van der Waals surface area contributed by atoms with E-state index < -0.39 is 0 Å². The van der Waals surface area contributed by atoms with Gasteiger partial charge in [-0.3, -0.25) is 0 Å². The third-order valence-corrected chi connectivity index (χ3v) is 2.57. The van der Waals surface area contributed by atoms with E-state index in [0.717, 1.165) is 13.0 Å². The molecule has 0 aromatic heterocycles. The van der Waals surface area contributed by atoms with Crippen LogP contribution in [0.3, 0.4) is 0 Å². The summed E-state index contributed by atoms with van der Waals surface area (Å²) in [5.74, 6) is 0.710. The van der Waals surface area contributed by atoms with Gasteiger partial charge in [-0.05, 0) is 18.6 Å². The molecule has 1 rings (SSSR count). The molecule has 0 aliphatic rings. The second kappa shape index (κ2) is 10.9. The van der Waals surface area contributed by atoms with Crippen LogP contribution in [0.15, 0.2) is 24.3 Å². The van der Waals surface area contributed by atoms with Gasteiger partial charge in [0, 0.05) is 0 Å². The van der Waals surface area contributed by atoms with Crippen molar-refractivity contribution in [1.29, 1.82) is 0 Å². The van der Waals surface area contributed by atoms with Crippen LogP contribution in [0.4, 0.5) is 0 Å². The predicted octanol–water partition coefficient (Wildman–Crippen LogP) is 0.504. The summed E-state index contributed by atoms with van der Waals surface area (Å²) >= 11 is 0. The molecule has 0 N–H and O–H groups in total.